The van der Waals surface area contributed by atoms with E-state index in [-0.39, 0.29) is 29.9 Å². The van der Waals surface area contributed by atoms with Gasteiger partial charge in [-0.1, -0.05) is 60.7 Å². The molecule has 6 nitrogen and oxygen atoms in total. The van der Waals surface area contributed by atoms with Crippen molar-refractivity contribution in [3.8, 4) is 5.88 Å². The number of rotatable bonds is 7. The number of hydrogen-bond donors (Lipinski definition) is 2. The van der Waals surface area contributed by atoms with E-state index < -0.39 is 17.3 Å². The molecular formula is C25H21FN2O4. The van der Waals surface area contributed by atoms with Gasteiger partial charge in [0.1, 0.15) is 18.0 Å². The van der Waals surface area contributed by atoms with Gasteiger partial charge in [0.15, 0.2) is 0 Å². The summed E-state index contributed by atoms with van der Waals surface area (Å²) in [6, 6.07) is 21.7. The summed E-state index contributed by atoms with van der Waals surface area (Å²) in [7, 11) is 0. The van der Waals surface area contributed by atoms with Crippen LogP contribution < -0.4 is 15.7 Å². The number of pyridine rings is 1. The Morgan fingerprint density at radius 2 is 1.56 bits per heavy atom. The van der Waals surface area contributed by atoms with Crippen molar-refractivity contribution >= 4 is 16.7 Å². The van der Waals surface area contributed by atoms with Crippen LogP contribution >= 0.6 is 0 Å². The van der Waals surface area contributed by atoms with Crippen LogP contribution in [0.2, 0.25) is 0 Å². The fourth-order valence-corrected chi connectivity index (χ4v) is 3.43. The molecular weight excluding hydrogens is 411 g/mol. The number of halogens is 1. The van der Waals surface area contributed by atoms with Crippen LogP contribution in [0.4, 0.5) is 4.39 Å². The number of hydrogen-bond acceptors (Lipinski definition) is 4. The number of amides is 1. The molecule has 0 bridgehead atoms. The van der Waals surface area contributed by atoms with Gasteiger partial charge in [-0.05, 0) is 35.7 Å². The normalized spacial score (nSPS) is 10.8. The van der Waals surface area contributed by atoms with Crippen molar-refractivity contribution in [3.05, 3.63) is 112 Å². The molecule has 0 radical (unpaired) electrons. The lowest BCUT2D eigenvalue weighted by atomic mass is 10.1. The van der Waals surface area contributed by atoms with Gasteiger partial charge in [0.05, 0.1) is 5.39 Å². The molecule has 3 aromatic carbocycles. The minimum absolute atomic E-state index is 0.0400. The zero-order chi connectivity index (χ0) is 22.5. The highest BCUT2D eigenvalue weighted by Crippen LogP contribution is 2.24. The summed E-state index contributed by atoms with van der Waals surface area (Å²) in [6.07, 6.45) is 0.481. The number of aromatic hydroxyl groups is 1. The molecule has 1 aromatic heterocycles. The highest BCUT2D eigenvalue weighted by molar-refractivity contribution is 6.08. The summed E-state index contributed by atoms with van der Waals surface area (Å²) in [5.41, 5.74) is 1.05. The van der Waals surface area contributed by atoms with Gasteiger partial charge in [0.25, 0.3) is 11.5 Å². The number of benzene rings is 3. The molecule has 0 fully saturated rings. The Kier molecular flexibility index (Phi) is 6.17. The zero-order valence-corrected chi connectivity index (χ0v) is 17.1. The molecule has 4 rings (SSSR count). The standard InChI is InChI=1S/C25H21FN2O4/c26-19-12-10-17(11-13-19)14-15-27-23(29)22-20-8-4-5-9-21(20)24(30)28(25(22)31)32-16-18-6-2-1-3-7-18/h1-13,31H,14-16H2,(H,27,29). The number of nitrogens with one attached hydrogen (secondary N) is 1. The number of carbonyl (C=O) groups excluding carboxylic acids is 1. The van der Waals surface area contributed by atoms with Crippen molar-refractivity contribution in [2.24, 2.45) is 0 Å². The molecule has 0 aliphatic rings. The predicted molar refractivity (Wildman–Crippen MR) is 119 cm³/mol. The molecule has 162 valence electrons. The molecule has 1 amide bonds. The van der Waals surface area contributed by atoms with Crippen LogP contribution in [0.5, 0.6) is 5.88 Å². The quantitative estimate of drug-likeness (QED) is 0.469. The first-order valence-corrected chi connectivity index (χ1v) is 10.1. The van der Waals surface area contributed by atoms with Crippen LogP contribution in [0.15, 0.2) is 83.7 Å². The number of fused-ring (bicyclic) bond motifs is 1. The van der Waals surface area contributed by atoms with Crippen molar-refractivity contribution < 1.29 is 19.1 Å². The predicted octanol–water partition coefficient (Wildman–Crippen LogP) is 3.45. The molecule has 0 spiro atoms. The van der Waals surface area contributed by atoms with Crippen LogP contribution in [0, 0.1) is 5.82 Å². The van der Waals surface area contributed by atoms with Crippen LogP contribution in [-0.2, 0) is 13.0 Å². The number of carbonyl (C=O) groups is 1. The fraction of sp³-hybridized carbons (Fsp3) is 0.120. The Bertz CT molecular complexity index is 1300. The van der Waals surface area contributed by atoms with E-state index in [1.807, 2.05) is 30.3 Å². The molecule has 0 unspecified atom stereocenters. The van der Waals surface area contributed by atoms with Crippen molar-refractivity contribution in [2.75, 3.05) is 6.54 Å². The van der Waals surface area contributed by atoms with Crippen LogP contribution in [-0.4, -0.2) is 22.3 Å². The van der Waals surface area contributed by atoms with Crippen molar-refractivity contribution in [1.82, 2.24) is 10.0 Å². The monoisotopic (exact) mass is 432 g/mol. The van der Waals surface area contributed by atoms with Crippen molar-refractivity contribution in [1.29, 1.82) is 0 Å². The van der Waals surface area contributed by atoms with Gasteiger partial charge in [-0.2, -0.15) is 0 Å². The topological polar surface area (TPSA) is 80.6 Å². The molecule has 4 aromatic rings. The lowest BCUT2D eigenvalue weighted by molar-refractivity contribution is 0.0699. The van der Waals surface area contributed by atoms with Crippen LogP contribution in [0.3, 0.4) is 0 Å². The Labute approximate surface area is 183 Å². The summed E-state index contributed by atoms with van der Waals surface area (Å²) in [5.74, 6) is -1.44. The molecule has 0 aliphatic heterocycles. The largest absolute Gasteiger partial charge is 0.492 e. The highest BCUT2D eigenvalue weighted by Gasteiger charge is 2.22. The summed E-state index contributed by atoms with van der Waals surface area (Å²) in [6.45, 7) is 0.306. The van der Waals surface area contributed by atoms with Gasteiger partial charge in [-0.15, -0.1) is 4.73 Å². The first-order valence-electron chi connectivity index (χ1n) is 10.1. The van der Waals surface area contributed by atoms with Gasteiger partial charge in [0.2, 0.25) is 5.88 Å². The van der Waals surface area contributed by atoms with E-state index >= 15 is 0 Å². The second-order valence-corrected chi connectivity index (χ2v) is 7.24. The molecule has 0 atom stereocenters. The molecule has 7 heteroatoms. The summed E-state index contributed by atoms with van der Waals surface area (Å²) in [5, 5.41) is 14.1. The van der Waals surface area contributed by atoms with E-state index in [0.29, 0.717) is 11.8 Å². The second kappa shape index (κ2) is 9.34. The van der Waals surface area contributed by atoms with E-state index in [1.165, 1.54) is 12.1 Å². The second-order valence-electron chi connectivity index (χ2n) is 7.24. The molecule has 0 aliphatic carbocycles. The van der Waals surface area contributed by atoms with Gasteiger partial charge in [0, 0.05) is 11.9 Å². The van der Waals surface area contributed by atoms with Gasteiger partial charge in [-0.3, -0.25) is 9.59 Å². The maximum atomic E-state index is 13.1. The Morgan fingerprint density at radius 3 is 2.28 bits per heavy atom. The minimum Gasteiger partial charge on any atom is -0.492 e. The third-order valence-electron chi connectivity index (χ3n) is 5.07. The van der Waals surface area contributed by atoms with Gasteiger partial charge < -0.3 is 15.3 Å². The Balaban J connectivity index is 1.61. The lowest BCUT2D eigenvalue weighted by Gasteiger charge is -2.16. The summed E-state index contributed by atoms with van der Waals surface area (Å²) in [4.78, 5) is 31.4. The highest BCUT2D eigenvalue weighted by atomic mass is 19.1. The van der Waals surface area contributed by atoms with E-state index in [4.69, 9.17) is 4.84 Å². The lowest BCUT2D eigenvalue weighted by Crippen LogP contribution is -2.32. The molecule has 0 saturated heterocycles. The zero-order valence-electron chi connectivity index (χ0n) is 17.1. The average molecular weight is 432 g/mol. The molecule has 32 heavy (non-hydrogen) atoms. The van der Waals surface area contributed by atoms with Crippen molar-refractivity contribution in [2.45, 2.75) is 13.0 Å². The van der Waals surface area contributed by atoms with E-state index in [9.17, 15) is 19.1 Å². The third-order valence-corrected chi connectivity index (χ3v) is 5.07. The number of nitrogens with zero attached hydrogens (tertiary/aromatic N) is 1. The molecule has 0 saturated carbocycles. The average Bonchev–Trinajstić information content (AvgIpc) is 2.81. The van der Waals surface area contributed by atoms with E-state index in [2.05, 4.69) is 5.32 Å². The number of aromatic nitrogens is 1. The first kappa shape index (κ1) is 21.1. The van der Waals surface area contributed by atoms with Crippen LogP contribution in [0.1, 0.15) is 21.5 Å². The van der Waals surface area contributed by atoms with Crippen LogP contribution in [0.25, 0.3) is 10.8 Å². The van der Waals surface area contributed by atoms with E-state index in [1.54, 1.807) is 36.4 Å². The summed E-state index contributed by atoms with van der Waals surface area (Å²) >= 11 is 0. The molecule has 1 heterocycles. The first-order chi connectivity index (χ1) is 15.5. The van der Waals surface area contributed by atoms with E-state index in [0.717, 1.165) is 15.9 Å². The Morgan fingerprint density at radius 1 is 0.906 bits per heavy atom. The summed E-state index contributed by atoms with van der Waals surface area (Å²) < 4.78 is 13.8. The van der Waals surface area contributed by atoms with Gasteiger partial charge >= 0.3 is 0 Å². The maximum absolute atomic E-state index is 13.1. The van der Waals surface area contributed by atoms with Gasteiger partial charge in [-0.25, -0.2) is 4.39 Å². The molecule has 2 N–H and O–H groups in total. The fourth-order valence-electron chi connectivity index (χ4n) is 3.43. The smallest absolute Gasteiger partial charge is 0.294 e. The van der Waals surface area contributed by atoms with Crippen molar-refractivity contribution in [3.63, 3.8) is 0 Å². The maximum Gasteiger partial charge on any atom is 0.294 e. The SMILES string of the molecule is O=C(NCCc1ccc(F)cc1)c1c(O)n(OCc2ccccc2)c(=O)c2ccccc12. The third kappa shape index (κ3) is 4.46. The Hall–Kier alpha value is -4.13. The minimum atomic E-state index is -0.566.